The van der Waals surface area contributed by atoms with Crippen molar-refractivity contribution in [3.8, 4) is 5.75 Å². The van der Waals surface area contributed by atoms with Gasteiger partial charge in [-0.05, 0) is 23.6 Å². The third-order valence-corrected chi connectivity index (χ3v) is 3.44. The minimum absolute atomic E-state index is 0.0606. The molecule has 0 radical (unpaired) electrons. The largest absolute Gasteiger partial charge is 0.484 e. The van der Waals surface area contributed by atoms with Gasteiger partial charge in [-0.3, -0.25) is 9.59 Å². The van der Waals surface area contributed by atoms with Gasteiger partial charge >= 0.3 is 0 Å². The lowest BCUT2D eigenvalue weighted by molar-refractivity contribution is -0.123. The van der Waals surface area contributed by atoms with E-state index in [1.807, 2.05) is 17.5 Å². The minimum Gasteiger partial charge on any atom is -0.484 e. The normalized spacial score (nSPS) is 9.95. The first-order valence-electron chi connectivity index (χ1n) is 6.43. The van der Waals surface area contributed by atoms with Crippen molar-refractivity contribution in [3.63, 3.8) is 0 Å². The van der Waals surface area contributed by atoms with Crippen LogP contribution in [0.4, 0.5) is 5.69 Å². The Morgan fingerprint density at radius 1 is 1.24 bits per heavy atom. The summed E-state index contributed by atoms with van der Waals surface area (Å²) in [5.74, 6) is 0.196. The van der Waals surface area contributed by atoms with Crippen molar-refractivity contribution in [2.75, 3.05) is 11.9 Å². The molecular formula is C15H16N2O3S. The van der Waals surface area contributed by atoms with E-state index in [-0.39, 0.29) is 18.4 Å². The SMILES string of the molecule is CC(=O)Nc1cccc(OCC(=O)NCc2cccs2)c1. The Balaban J connectivity index is 1.79. The zero-order valence-corrected chi connectivity index (χ0v) is 12.4. The number of rotatable bonds is 6. The Hall–Kier alpha value is -2.34. The molecular weight excluding hydrogens is 288 g/mol. The molecule has 0 bridgehead atoms. The average Bonchev–Trinajstić information content (AvgIpc) is 2.96. The number of nitrogens with one attached hydrogen (secondary N) is 2. The van der Waals surface area contributed by atoms with Crippen LogP contribution in [-0.4, -0.2) is 18.4 Å². The van der Waals surface area contributed by atoms with E-state index < -0.39 is 0 Å². The molecule has 2 rings (SSSR count). The van der Waals surface area contributed by atoms with Crippen molar-refractivity contribution >= 4 is 28.8 Å². The van der Waals surface area contributed by atoms with Gasteiger partial charge in [0, 0.05) is 23.6 Å². The molecule has 2 aromatic rings. The van der Waals surface area contributed by atoms with Crippen molar-refractivity contribution < 1.29 is 14.3 Å². The number of amides is 2. The van der Waals surface area contributed by atoms with Gasteiger partial charge in [0.2, 0.25) is 5.91 Å². The van der Waals surface area contributed by atoms with Crippen LogP contribution in [0.3, 0.4) is 0 Å². The van der Waals surface area contributed by atoms with Crippen LogP contribution in [0, 0.1) is 0 Å². The Morgan fingerprint density at radius 3 is 2.81 bits per heavy atom. The highest BCUT2D eigenvalue weighted by atomic mass is 32.1. The van der Waals surface area contributed by atoms with Crippen LogP contribution in [0.1, 0.15) is 11.8 Å². The minimum atomic E-state index is -0.187. The van der Waals surface area contributed by atoms with Gasteiger partial charge in [-0.15, -0.1) is 11.3 Å². The Bertz CT molecular complexity index is 611. The third-order valence-electron chi connectivity index (χ3n) is 2.56. The van der Waals surface area contributed by atoms with Gasteiger partial charge in [-0.25, -0.2) is 0 Å². The number of thiophene rings is 1. The van der Waals surface area contributed by atoms with Gasteiger partial charge in [0.25, 0.3) is 5.91 Å². The maximum Gasteiger partial charge on any atom is 0.258 e. The number of anilines is 1. The van der Waals surface area contributed by atoms with E-state index >= 15 is 0 Å². The molecule has 5 nitrogen and oxygen atoms in total. The zero-order valence-electron chi connectivity index (χ0n) is 11.6. The fourth-order valence-corrected chi connectivity index (χ4v) is 2.31. The summed E-state index contributed by atoms with van der Waals surface area (Å²) in [4.78, 5) is 23.7. The van der Waals surface area contributed by atoms with Gasteiger partial charge in [-0.2, -0.15) is 0 Å². The summed E-state index contributed by atoms with van der Waals surface area (Å²) < 4.78 is 5.40. The lowest BCUT2D eigenvalue weighted by Gasteiger charge is -2.08. The summed E-state index contributed by atoms with van der Waals surface area (Å²) in [5, 5.41) is 7.40. The van der Waals surface area contributed by atoms with E-state index in [0.717, 1.165) is 4.88 Å². The van der Waals surface area contributed by atoms with Crippen LogP contribution in [0.15, 0.2) is 41.8 Å². The molecule has 2 N–H and O–H groups in total. The predicted molar refractivity (Wildman–Crippen MR) is 82.4 cm³/mol. The fourth-order valence-electron chi connectivity index (χ4n) is 1.67. The van der Waals surface area contributed by atoms with Crippen molar-refractivity contribution in [3.05, 3.63) is 46.7 Å². The molecule has 1 heterocycles. The molecule has 6 heteroatoms. The summed E-state index contributed by atoms with van der Waals surface area (Å²) >= 11 is 1.59. The lowest BCUT2D eigenvalue weighted by Crippen LogP contribution is -2.28. The highest BCUT2D eigenvalue weighted by Crippen LogP contribution is 2.17. The molecule has 1 aromatic heterocycles. The summed E-state index contributed by atoms with van der Waals surface area (Å²) in [7, 11) is 0. The van der Waals surface area contributed by atoms with Gasteiger partial charge in [0.05, 0.1) is 6.54 Å². The standard InChI is InChI=1S/C15H16N2O3S/c1-11(18)17-12-4-2-5-13(8-12)20-10-15(19)16-9-14-6-3-7-21-14/h2-8H,9-10H2,1H3,(H,16,19)(H,17,18). The van der Waals surface area contributed by atoms with Crippen LogP contribution in [0.25, 0.3) is 0 Å². The second-order valence-corrected chi connectivity index (χ2v) is 5.39. The van der Waals surface area contributed by atoms with Crippen LogP contribution in [-0.2, 0) is 16.1 Å². The Morgan fingerprint density at radius 2 is 2.10 bits per heavy atom. The summed E-state index contributed by atoms with van der Waals surface area (Å²) in [6.07, 6.45) is 0. The molecule has 0 aliphatic heterocycles. The molecule has 0 saturated carbocycles. The first kappa shape index (κ1) is 15.1. The molecule has 0 saturated heterocycles. The number of hydrogen-bond acceptors (Lipinski definition) is 4. The van der Waals surface area contributed by atoms with E-state index in [4.69, 9.17) is 4.74 Å². The lowest BCUT2D eigenvalue weighted by atomic mass is 10.3. The van der Waals surface area contributed by atoms with Crippen LogP contribution >= 0.6 is 11.3 Å². The van der Waals surface area contributed by atoms with Crippen molar-refractivity contribution in [2.24, 2.45) is 0 Å². The van der Waals surface area contributed by atoms with Crippen LogP contribution in [0.2, 0.25) is 0 Å². The number of hydrogen-bond donors (Lipinski definition) is 2. The first-order chi connectivity index (χ1) is 10.1. The third kappa shape index (κ3) is 5.27. The van der Waals surface area contributed by atoms with E-state index in [0.29, 0.717) is 18.0 Å². The molecule has 0 unspecified atom stereocenters. The van der Waals surface area contributed by atoms with E-state index in [1.165, 1.54) is 6.92 Å². The Kier molecular flexibility index (Phi) is 5.34. The summed E-state index contributed by atoms with van der Waals surface area (Å²) in [6, 6.07) is 10.8. The number of carbonyl (C=O) groups excluding carboxylic acids is 2. The molecule has 110 valence electrons. The monoisotopic (exact) mass is 304 g/mol. The first-order valence-corrected chi connectivity index (χ1v) is 7.31. The maximum absolute atomic E-state index is 11.7. The van der Waals surface area contributed by atoms with E-state index in [2.05, 4.69) is 10.6 Å². The summed E-state index contributed by atoms with van der Waals surface area (Å²) in [5.41, 5.74) is 0.638. The molecule has 0 atom stereocenters. The maximum atomic E-state index is 11.7. The molecule has 0 spiro atoms. The number of carbonyl (C=O) groups is 2. The Labute approximate surface area is 126 Å². The molecule has 0 aliphatic carbocycles. The average molecular weight is 304 g/mol. The van der Waals surface area contributed by atoms with Gasteiger partial charge in [-0.1, -0.05) is 12.1 Å². The molecule has 0 aliphatic rings. The molecule has 2 amide bonds. The molecule has 0 fully saturated rings. The van der Waals surface area contributed by atoms with Crippen LogP contribution < -0.4 is 15.4 Å². The zero-order chi connectivity index (χ0) is 15.1. The van der Waals surface area contributed by atoms with Crippen LogP contribution in [0.5, 0.6) is 5.75 Å². The van der Waals surface area contributed by atoms with Gasteiger partial charge in [0.15, 0.2) is 6.61 Å². The van der Waals surface area contributed by atoms with E-state index in [9.17, 15) is 9.59 Å². The predicted octanol–water partition coefficient (Wildman–Crippen LogP) is 2.40. The molecule has 1 aromatic carbocycles. The highest BCUT2D eigenvalue weighted by molar-refractivity contribution is 7.09. The fraction of sp³-hybridized carbons (Fsp3) is 0.200. The van der Waals surface area contributed by atoms with Crippen molar-refractivity contribution in [1.29, 1.82) is 0 Å². The number of ether oxygens (including phenoxy) is 1. The second-order valence-electron chi connectivity index (χ2n) is 4.35. The molecule has 21 heavy (non-hydrogen) atoms. The van der Waals surface area contributed by atoms with Crippen molar-refractivity contribution in [1.82, 2.24) is 5.32 Å². The van der Waals surface area contributed by atoms with Gasteiger partial charge in [0.1, 0.15) is 5.75 Å². The quantitative estimate of drug-likeness (QED) is 0.861. The smallest absolute Gasteiger partial charge is 0.258 e. The van der Waals surface area contributed by atoms with Gasteiger partial charge < -0.3 is 15.4 Å². The highest BCUT2D eigenvalue weighted by Gasteiger charge is 2.04. The summed E-state index contributed by atoms with van der Waals surface area (Å²) in [6.45, 7) is 1.88. The second kappa shape index (κ2) is 7.44. The van der Waals surface area contributed by atoms with E-state index in [1.54, 1.807) is 35.6 Å². The van der Waals surface area contributed by atoms with Crippen molar-refractivity contribution in [2.45, 2.75) is 13.5 Å². The topological polar surface area (TPSA) is 67.4 Å². The number of benzene rings is 1.